The number of thiazole rings is 1. The smallest absolute Gasteiger partial charge is 0.222 e. The van der Waals surface area contributed by atoms with Crippen LogP contribution in [0.1, 0.15) is 0 Å². The highest BCUT2D eigenvalue weighted by Crippen LogP contribution is 2.31. The molecule has 0 amide bonds. The van der Waals surface area contributed by atoms with Crippen LogP contribution in [0.5, 0.6) is 11.6 Å². The van der Waals surface area contributed by atoms with Gasteiger partial charge in [-0.1, -0.05) is 0 Å². The zero-order chi connectivity index (χ0) is 9.97. The summed E-state index contributed by atoms with van der Waals surface area (Å²) in [6, 6.07) is 3.59. The van der Waals surface area contributed by atoms with Crippen molar-refractivity contribution in [2.24, 2.45) is 0 Å². The molecule has 2 rings (SSSR count). The molecule has 0 bridgehead atoms. The van der Waals surface area contributed by atoms with Crippen molar-refractivity contribution in [2.75, 3.05) is 7.11 Å². The molecule has 2 aromatic rings. The molecule has 0 aliphatic rings. The van der Waals surface area contributed by atoms with Crippen LogP contribution in [0.2, 0.25) is 0 Å². The maximum Gasteiger partial charge on any atom is 0.222 e. The van der Waals surface area contributed by atoms with Gasteiger partial charge in [0.1, 0.15) is 16.5 Å². The van der Waals surface area contributed by atoms with Gasteiger partial charge in [-0.15, -0.1) is 11.3 Å². The van der Waals surface area contributed by atoms with Crippen molar-refractivity contribution in [2.45, 2.75) is 0 Å². The van der Waals surface area contributed by atoms with Crippen molar-refractivity contribution >= 4 is 11.3 Å². The number of hydrogen-bond acceptors (Lipinski definition) is 5. The summed E-state index contributed by atoms with van der Waals surface area (Å²) in [5.41, 5.74) is 0.653. The first-order valence-electron chi connectivity index (χ1n) is 3.95. The van der Waals surface area contributed by atoms with Crippen LogP contribution in [0.4, 0.5) is 0 Å². The van der Waals surface area contributed by atoms with Gasteiger partial charge in [0.2, 0.25) is 5.88 Å². The maximum atomic E-state index is 9.11. The van der Waals surface area contributed by atoms with Crippen LogP contribution in [-0.4, -0.2) is 22.2 Å². The van der Waals surface area contributed by atoms with Gasteiger partial charge in [0.05, 0.1) is 12.5 Å². The third kappa shape index (κ3) is 1.54. The van der Waals surface area contributed by atoms with Gasteiger partial charge in [0.15, 0.2) is 0 Å². The van der Waals surface area contributed by atoms with Crippen molar-refractivity contribution < 1.29 is 9.84 Å². The summed E-state index contributed by atoms with van der Waals surface area (Å²) < 4.78 is 5.13. The quantitative estimate of drug-likeness (QED) is 0.819. The lowest BCUT2D eigenvalue weighted by Crippen LogP contribution is -1.89. The zero-order valence-electron chi connectivity index (χ0n) is 7.47. The van der Waals surface area contributed by atoms with Crippen molar-refractivity contribution in [1.82, 2.24) is 9.97 Å². The van der Waals surface area contributed by atoms with E-state index < -0.39 is 0 Å². The predicted octanol–water partition coefficient (Wildman–Crippen LogP) is 1.92. The minimum atomic E-state index is 0.0118. The van der Waals surface area contributed by atoms with Crippen LogP contribution in [0.15, 0.2) is 23.7 Å². The van der Waals surface area contributed by atoms with E-state index in [1.807, 2.05) is 0 Å². The van der Waals surface area contributed by atoms with Gasteiger partial charge in [0, 0.05) is 6.20 Å². The van der Waals surface area contributed by atoms with Gasteiger partial charge in [-0.25, -0.2) is 9.97 Å². The molecule has 0 saturated carbocycles. The molecule has 0 radical (unpaired) electrons. The highest BCUT2D eigenvalue weighted by atomic mass is 32.1. The van der Waals surface area contributed by atoms with Crippen molar-refractivity contribution in [3.63, 3.8) is 0 Å². The molecule has 1 N–H and O–H groups in total. The Balaban J connectivity index is 2.50. The van der Waals surface area contributed by atoms with Gasteiger partial charge in [-0.05, 0) is 12.1 Å². The van der Waals surface area contributed by atoms with Gasteiger partial charge in [-0.3, -0.25) is 0 Å². The second-order valence-corrected chi connectivity index (χ2v) is 3.42. The van der Waals surface area contributed by atoms with Crippen molar-refractivity contribution in [3.05, 3.63) is 23.7 Å². The standard InChI is InChI=1S/C9H8N2O2S/c1-13-6-3-2-4-10-8(6)9-11-7(12)5-14-9/h2-5,12H,1H3. The highest BCUT2D eigenvalue weighted by Gasteiger charge is 2.10. The Hall–Kier alpha value is -1.62. The predicted molar refractivity (Wildman–Crippen MR) is 53.6 cm³/mol. The third-order valence-electron chi connectivity index (χ3n) is 1.69. The number of methoxy groups -OCH3 is 1. The van der Waals surface area contributed by atoms with E-state index in [0.717, 1.165) is 0 Å². The Morgan fingerprint density at radius 2 is 2.36 bits per heavy atom. The Labute approximate surface area is 84.8 Å². The van der Waals surface area contributed by atoms with Gasteiger partial charge < -0.3 is 9.84 Å². The first kappa shape index (κ1) is 8.96. The molecule has 14 heavy (non-hydrogen) atoms. The SMILES string of the molecule is COc1cccnc1-c1nc(O)cs1. The minimum Gasteiger partial charge on any atom is -0.494 e. The Kier molecular flexibility index (Phi) is 2.32. The lowest BCUT2D eigenvalue weighted by atomic mass is 10.3. The summed E-state index contributed by atoms with van der Waals surface area (Å²) in [6.07, 6.45) is 1.66. The zero-order valence-corrected chi connectivity index (χ0v) is 8.28. The van der Waals surface area contributed by atoms with Crippen molar-refractivity contribution in [3.8, 4) is 22.3 Å². The monoisotopic (exact) mass is 208 g/mol. The van der Waals surface area contributed by atoms with E-state index in [4.69, 9.17) is 9.84 Å². The Morgan fingerprint density at radius 1 is 1.50 bits per heavy atom. The van der Waals surface area contributed by atoms with Crippen molar-refractivity contribution in [1.29, 1.82) is 0 Å². The molecule has 0 aromatic carbocycles. The van der Waals surface area contributed by atoms with Gasteiger partial charge >= 0.3 is 0 Å². The van der Waals surface area contributed by atoms with E-state index in [1.54, 1.807) is 30.8 Å². The lowest BCUT2D eigenvalue weighted by molar-refractivity contribution is 0.414. The normalized spacial score (nSPS) is 10.1. The van der Waals surface area contributed by atoms with E-state index in [2.05, 4.69) is 9.97 Å². The van der Waals surface area contributed by atoms with Gasteiger partial charge in [-0.2, -0.15) is 0 Å². The second kappa shape index (κ2) is 3.63. The summed E-state index contributed by atoms with van der Waals surface area (Å²) >= 11 is 1.33. The summed E-state index contributed by atoms with van der Waals surface area (Å²) in [6.45, 7) is 0. The Morgan fingerprint density at radius 3 is 3.00 bits per heavy atom. The number of rotatable bonds is 2. The highest BCUT2D eigenvalue weighted by molar-refractivity contribution is 7.13. The average Bonchev–Trinajstić information content (AvgIpc) is 2.65. The van der Waals surface area contributed by atoms with E-state index in [0.29, 0.717) is 16.5 Å². The molecule has 4 nitrogen and oxygen atoms in total. The van der Waals surface area contributed by atoms with E-state index in [-0.39, 0.29) is 5.88 Å². The Bertz CT molecular complexity index is 442. The number of nitrogens with zero attached hydrogens (tertiary/aromatic N) is 2. The molecule has 72 valence electrons. The summed E-state index contributed by atoms with van der Waals surface area (Å²) in [5, 5.41) is 11.3. The fourth-order valence-electron chi connectivity index (χ4n) is 1.09. The second-order valence-electron chi connectivity index (χ2n) is 2.57. The molecule has 0 saturated heterocycles. The van der Waals surface area contributed by atoms with E-state index in [1.165, 1.54) is 11.3 Å². The fourth-order valence-corrected chi connectivity index (χ4v) is 1.77. The fraction of sp³-hybridized carbons (Fsp3) is 0.111. The average molecular weight is 208 g/mol. The van der Waals surface area contributed by atoms with Crippen LogP contribution in [0, 0.1) is 0 Å². The minimum absolute atomic E-state index is 0.0118. The molecule has 5 heteroatoms. The van der Waals surface area contributed by atoms with Crippen LogP contribution >= 0.6 is 11.3 Å². The van der Waals surface area contributed by atoms with E-state index >= 15 is 0 Å². The summed E-state index contributed by atoms with van der Waals surface area (Å²) in [5.74, 6) is 0.666. The number of pyridine rings is 1. The molecular weight excluding hydrogens is 200 g/mol. The molecule has 0 atom stereocenters. The number of ether oxygens (including phenoxy) is 1. The third-order valence-corrected chi connectivity index (χ3v) is 2.52. The van der Waals surface area contributed by atoms with E-state index in [9.17, 15) is 0 Å². The summed E-state index contributed by atoms with van der Waals surface area (Å²) in [7, 11) is 1.58. The first-order valence-corrected chi connectivity index (χ1v) is 4.83. The summed E-state index contributed by atoms with van der Waals surface area (Å²) in [4.78, 5) is 8.07. The van der Waals surface area contributed by atoms with Gasteiger partial charge in [0.25, 0.3) is 0 Å². The molecule has 2 aromatic heterocycles. The largest absolute Gasteiger partial charge is 0.494 e. The molecule has 0 aliphatic carbocycles. The number of hydrogen-bond donors (Lipinski definition) is 1. The molecule has 0 aliphatic heterocycles. The molecule has 0 unspecified atom stereocenters. The number of aromatic hydroxyl groups is 1. The van der Waals surface area contributed by atoms with Crippen LogP contribution in [0.25, 0.3) is 10.7 Å². The molecule has 2 heterocycles. The number of aromatic nitrogens is 2. The van der Waals surface area contributed by atoms with Crippen LogP contribution in [0.3, 0.4) is 0 Å². The lowest BCUT2D eigenvalue weighted by Gasteiger charge is -2.02. The topological polar surface area (TPSA) is 55.2 Å². The molecule has 0 fully saturated rings. The van der Waals surface area contributed by atoms with Crippen LogP contribution < -0.4 is 4.74 Å². The van der Waals surface area contributed by atoms with Crippen LogP contribution in [-0.2, 0) is 0 Å². The molecule has 0 spiro atoms. The first-order chi connectivity index (χ1) is 6.81. The maximum absolute atomic E-state index is 9.11. The molecular formula is C9H8N2O2S.